The van der Waals surface area contributed by atoms with Crippen LogP contribution in [-0.2, 0) is 35.3 Å². The summed E-state index contributed by atoms with van der Waals surface area (Å²) in [7, 11) is 0. The van der Waals surface area contributed by atoms with Crippen molar-refractivity contribution in [1.29, 1.82) is 0 Å². The summed E-state index contributed by atoms with van der Waals surface area (Å²) < 4.78 is 5.37. The molecule has 3 aromatic rings. The van der Waals surface area contributed by atoms with Gasteiger partial charge < -0.3 is 63.2 Å². The number of amides is 9. The lowest BCUT2D eigenvalue weighted by molar-refractivity contribution is -0.132. The summed E-state index contributed by atoms with van der Waals surface area (Å²) in [6, 6.07) is 12.8. The van der Waals surface area contributed by atoms with Crippen molar-refractivity contribution in [1.82, 2.24) is 36.5 Å². The molecule has 2 aliphatic heterocycles. The number of anilines is 3. The Morgan fingerprint density at radius 2 is 1.45 bits per heavy atom. The van der Waals surface area contributed by atoms with Gasteiger partial charge in [0.25, 0.3) is 5.91 Å². The Hall–Kier alpha value is -8.04. The Kier molecular flexibility index (Phi) is 26.6. The molecular formula is C60H87N13O9. The highest BCUT2D eigenvalue weighted by molar-refractivity contribution is 6.08. The molecule has 446 valence electrons. The number of unbranched alkanes of at least 4 members (excludes halogenated alkanes) is 3. The number of ether oxygens (including phenoxy) is 1. The van der Waals surface area contributed by atoms with Crippen LogP contribution in [0.1, 0.15) is 146 Å². The fraction of sp³-hybridized carbons (Fsp3) is 0.533. The number of nitrogens with two attached hydrogens (primary N) is 2. The first kappa shape index (κ1) is 64.8. The highest BCUT2D eigenvalue weighted by Crippen LogP contribution is 2.30. The fourth-order valence-corrected chi connectivity index (χ4v) is 9.58. The molecule has 22 nitrogen and oxygen atoms in total. The first-order chi connectivity index (χ1) is 39.3. The number of carbonyl (C=O) groups excluding carboxylic acids is 8. The van der Waals surface area contributed by atoms with Crippen molar-refractivity contribution >= 4 is 82.4 Å². The summed E-state index contributed by atoms with van der Waals surface area (Å²) in [6.07, 6.45) is 11.6. The Labute approximate surface area is 482 Å². The number of carbonyl (C=O) groups is 8. The van der Waals surface area contributed by atoms with E-state index in [1.807, 2.05) is 44.7 Å². The predicted octanol–water partition coefficient (Wildman–Crippen LogP) is 7.03. The SMILES string of the molecule is CCCN(CCC)C(=O)C1=Cc2ccc(C(=O)Nc3ccc(N4CCC(C(=O)NCCNC(=O)OCc5ccc(NC(=O)C(CCCNC(N)=O)NC(=O)C(NC(=O)CCCCCCC(C)C)C(C)C)cc5)CC4)nc3)cc2N=C(N)C1. The van der Waals surface area contributed by atoms with Crippen LogP contribution in [0.5, 0.6) is 0 Å². The Bertz CT molecular complexity index is 2680. The van der Waals surface area contributed by atoms with Crippen LogP contribution in [0.2, 0.25) is 0 Å². The lowest BCUT2D eigenvalue weighted by Gasteiger charge is -2.32. The van der Waals surface area contributed by atoms with Crippen molar-refractivity contribution in [3.63, 3.8) is 0 Å². The number of alkyl carbamates (subject to hydrolysis) is 1. The number of piperidine rings is 1. The largest absolute Gasteiger partial charge is 0.445 e. The molecule has 1 aromatic heterocycles. The molecule has 3 heterocycles. The van der Waals surface area contributed by atoms with Gasteiger partial charge in [0.2, 0.25) is 29.5 Å². The van der Waals surface area contributed by atoms with E-state index in [0.717, 1.165) is 44.9 Å². The average Bonchev–Trinajstić information content (AvgIpc) is 3.70. The van der Waals surface area contributed by atoms with Gasteiger partial charge in [-0.15, -0.1) is 0 Å². The van der Waals surface area contributed by atoms with Gasteiger partial charge in [0.15, 0.2) is 0 Å². The lowest BCUT2D eigenvalue weighted by Crippen LogP contribution is -2.54. The first-order valence-corrected chi connectivity index (χ1v) is 29.0. The Morgan fingerprint density at radius 3 is 2.11 bits per heavy atom. The number of benzene rings is 2. The van der Waals surface area contributed by atoms with Gasteiger partial charge in [0, 0.05) is 87.0 Å². The topological polar surface area (TPSA) is 314 Å². The third-order valence-electron chi connectivity index (χ3n) is 14.1. The molecule has 2 atom stereocenters. The third-order valence-corrected chi connectivity index (χ3v) is 14.1. The zero-order chi connectivity index (χ0) is 59.6. The molecule has 9 amide bonds. The van der Waals surface area contributed by atoms with E-state index < -0.39 is 36.0 Å². The maximum absolute atomic E-state index is 13.6. The van der Waals surface area contributed by atoms with Crippen LogP contribution in [0.4, 0.5) is 32.5 Å². The maximum atomic E-state index is 13.6. The fourth-order valence-electron chi connectivity index (χ4n) is 9.58. The van der Waals surface area contributed by atoms with Crippen LogP contribution in [-0.4, -0.2) is 121 Å². The molecule has 0 aliphatic carbocycles. The van der Waals surface area contributed by atoms with Crippen molar-refractivity contribution in [2.75, 3.05) is 61.3 Å². The number of pyridine rings is 1. The number of amidine groups is 1. The van der Waals surface area contributed by atoms with E-state index in [0.29, 0.717) is 109 Å². The number of primary amides is 1. The standard InChI is InChI=1S/C60H87N13O9/c1-7-30-73(31-8-2)58(79)45-34-43-19-20-44(35-49(43)69-50(61)36-45)55(76)68-47-23-24-51(66-37-47)72-32-25-42(26-33-72)54(75)63-28-29-65-60(81)82-38-41-17-21-46(22-18-41)67-56(77)48(15-13-27-64-59(62)80)70-57(78)53(40(5)6)71-52(74)16-12-10-9-11-14-39(3)4/h17-24,34-35,37,39-40,42,48,53H,7-16,25-33,36,38H2,1-6H3,(H2,61,69)(H,63,75)(H,65,81)(H,67,77)(H,68,76)(H,70,78)(H,71,74)(H3,62,64,80). The minimum absolute atomic E-state index is 0.0590. The van der Waals surface area contributed by atoms with Crippen molar-refractivity contribution in [3.05, 3.63) is 83.1 Å². The average molecular weight is 1130 g/mol. The molecule has 11 N–H and O–H groups in total. The summed E-state index contributed by atoms with van der Waals surface area (Å²) >= 11 is 0. The second-order valence-corrected chi connectivity index (χ2v) is 21.7. The number of hydrogen-bond acceptors (Lipinski definition) is 13. The van der Waals surface area contributed by atoms with Gasteiger partial charge in [-0.05, 0) is 105 Å². The van der Waals surface area contributed by atoms with E-state index in [9.17, 15) is 38.4 Å². The summed E-state index contributed by atoms with van der Waals surface area (Å²) in [5.41, 5.74) is 15.2. The molecule has 5 rings (SSSR count). The monoisotopic (exact) mass is 1130 g/mol. The lowest BCUT2D eigenvalue weighted by atomic mass is 9.96. The van der Waals surface area contributed by atoms with E-state index in [-0.39, 0.29) is 74.5 Å². The minimum atomic E-state index is -0.998. The van der Waals surface area contributed by atoms with Gasteiger partial charge in [-0.1, -0.05) is 85.4 Å². The van der Waals surface area contributed by atoms with Crippen LogP contribution in [0.25, 0.3) is 6.08 Å². The number of aliphatic imine (C=N–C) groups is 1. The number of hydrogen-bond donors (Lipinski definition) is 9. The highest BCUT2D eigenvalue weighted by Gasteiger charge is 2.30. The van der Waals surface area contributed by atoms with E-state index in [1.165, 1.54) is 0 Å². The van der Waals surface area contributed by atoms with Crippen LogP contribution in [0, 0.1) is 17.8 Å². The number of aromatic nitrogens is 1. The normalized spacial score (nSPS) is 14.0. The number of urea groups is 1. The van der Waals surface area contributed by atoms with Crippen molar-refractivity contribution < 1.29 is 43.1 Å². The van der Waals surface area contributed by atoms with Crippen molar-refractivity contribution in [3.8, 4) is 0 Å². The predicted molar refractivity (Wildman–Crippen MR) is 319 cm³/mol. The molecule has 1 saturated heterocycles. The summed E-state index contributed by atoms with van der Waals surface area (Å²) in [5, 5.41) is 19.4. The zero-order valence-corrected chi connectivity index (χ0v) is 48.7. The second kappa shape index (κ2) is 33.6. The quantitative estimate of drug-likeness (QED) is 0.0294. The third kappa shape index (κ3) is 21.8. The molecule has 2 aliphatic rings. The second-order valence-electron chi connectivity index (χ2n) is 21.7. The van der Waals surface area contributed by atoms with Gasteiger partial charge >= 0.3 is 12.1 Å². The Balaban J connectivity index is 0.999. The van der Waals surface area contributed by atoms with Gasteiger partial charge in [-0.3, -0.25) is 28.8 Å². The smallest absolute Gasteiger partial charge is 0.407 e. The van der Waals surface area contributed by atoms with E-state index in [2.05, 4.69) is 65.9 Å². The van der Waals surface area contributed by atoms with Gasteiger partial charge in [-0.2, -0.15) is 0 Å². The maximum Gasteiger partial charge on any atom is 0.407 e. The van der Waals surface area contributed by atoms with Gasteiger partial charge in [0.1, 0.15) is 30.3 Å². The van der Waals surface area contributed by atoms with Crippen LogP contribution < -0.4 is 53.6 Å². The minimum Gasteiger partial charge on any atom is -0.445 e. The summed E-state index contributed by atoms with van der Waals surface area (Å²) in [4.78, 5) is 117. The van der Waals surface area contributed by atoms with Crippen molar-refractivity contribution in [2.45, 2.75) is 144 Å². The van der Waals surface area contributed by atoms with E-state index >= 15 is 0 Å². The van der Waals surface area contributed by atoms with E-state index in [4.69, 9.17) is 16.2 Å². The van der Waals surface area contributed by atoms with Gasteiger partial charge in [0.05, 0.1) is 17.6 Å². The molecule has 82 heavy (non-hydrogen) atoms. The molecular weight excluding hydrogens is 1050 g/mol. The molecule has 1 fully saturated rings. The summed E-state index contributed by atoms with van der Waals surface area (Å²) in [6.45, 7) is 15.1. The first-order valence-electron chi connectivity index (χ1n) is 29.0. The molecule has 0 spiro atoms. The number of fused-ring (bicyclic) bond motifs is 1. The molecule has 0 saturated carbocycles. The van der Waals surface area contributed by atoms with E-state index in [1.54, 1.807) is 54.7 Å². The highest BCUT2D eigenvalue weighted by atomic mass is 16.5. The van der Waals surface area contributed by atoms with Crippen molar-refractivity contribution in [2.24, 2.45) is 34.2 Å². The molecule has 0 bridgehead atoms. The number of nitrogens with one attached hydrogen (secondary N) is 7. The van der Waals surface area contributed by atoms with Crippen LogP contribution in [0.15, 0.2) is 71.4 Å². The van der Waals surface area contributed by atoms with Crippen LogP contribution in [0.3, 0.4) is 0 Å². The zero-order valence-electron chi connectivity index (χ0n) is 48.7. The van der Waals surface area contributed by atoms with Gasteiger partial charge in [-0.25, -0.2) is 19.6 Å². The molecule has 2 aromatic carbocycles. The molecule has 0 radical (unpaired) electrons. The number of nitrogens with zero attached hydrogens (tertiary/aromatic N) is 4. The number of rotatable bonds is 31. The van der Waals surface area contributed by atoms with Crippen LogP contribution >= 0.6 is 0 Å². The molecule has 22 heteroatoms. The Morgan fingerprint density at radius 1 is 0.756 bits per heavy atom. The summed E-state index contributed by atoms with van der Waals surface area (Å²) in [5.74, 6) is -0.552. The molecule has 2 unspecified atom stereocenters.